The third-order valence-electron chi connectivity index (χ3n) is 3.53. The average Bonchev–Trinajstić information content (AvgIpc) is 3.11. The second-order valence-electron chi connectivity index (χ2n) is 6.63. The van der Waals surface area contributed by atoms with Crippen molar-refractivity contribution in [1.29, 1.82) is 0 Å². The van der Waals surface area contributed by atoms with Crippen LogP contribution in [0.2, 0.25) is 0 Å². The molecule has 1 unspecified atom stereocenters. The molecule has 1 aromatic heterocycles. The summed E-state index contributed by atoms with van der Waals surface area (Å²) in [6, 6.07) is 0.550. The van der Waals surface area contributed by atoms with Crippen LogP contribution in [0.1, 0.15) is 52.5 Å². The highest BCUT2D eigenvalue weighted by Gasteiger charge is 2.29. The number of hydrogen-bond donors (Lipinski definition) is 3. The van der Waals surface area contributed by atoms with Gasteiger partial charge in [-0.15, -0.1) is 0 Å². The van der Waals surface area contributed by atoms with E-state index in [-0.39, 0.29) is 0 Å². The standard InChI is InChI=1S/C15H26N4O2/c1-5-12(10-6-7-10)16-8-11-9-17-19-13(11)18-14(20)21-15(2,3)4/h9-10,12,16H,5-8H2,1-4H3,(H2,17,18,19,20). The zero-order valence-corrected chi connectivity index (χ0v) is 13.3. The van der Waals surface area contributed by atoms with E-state index in [1.165, 1.54) is 12.8 Å². The number of aromatic amines is 1. The molecule has 1 aliphatic carbocycles. The minimum Gasteiger partial charge on any atom is -0.444 e. The maximum absolute atomic E-state index is 11.8. The van der Waals surface area contributed by atoms with E-state index in [0.29, 0.717) is 18.4 Å². The van der Waals surface area contributed by atoms with Gasteiger partial charge < -0.3 is 10.1 Å². The molecule has 1 heterocycles. The molecule has 0 spiro atoms. The van der Waals surface area contributed by atoms with Crippen LogP contribution in [0.25, 0.3) is 0 Å². The van der Waals surface area contributed by atoms with Crippen molar-refractivity contribution < 1.29 is 9.53 Å². The van der Waals surface area contributed by atoms with Gasteiger partial charge in [0.25, 0.3) is 0 Å². The molecule has 118 valence electrons. The van der Waals surface area contributed by atoms with Gasteiger partial charge in [0.2, 0.25) is 0 Å². The van der Waals surface area contributed by atoms with Crippen molar-refractivity contribution >= 4 is 11.9 Å². The lowest BCUT2D eigenvalue weighted by Crippen LogP contribution is -2.30. The van der Waals surface area contributed by atoms with Crippen LogP contribution in [0.15, 0.2) is 6.20 Å². The zero-order valence-electron chi connectivity index (χ0n) is 13.3. The maximum Gasteiger partial charge on any atom is 0.413 e. The molecule has 0 saturated heterocycles. The lowest BCUT2D eigenvalue weighted by atomic mass is 10.1. The van der Waals surface area contributed by atoms with E-state index >= 15 is 0 Å². The number of ether oxygens (including phenoxy) is 1. The molecule has 1 saturated carbocycles. The molecule has 1 aliphatic rings. The van der Waals surface area contributed by atoms with E-state index in [9.17, 15) is 4.79 Å². The SMILES string of the molecule is CCC(NCc1cn[nH]c1NC(=O)OC(C)(C)C)C1CC1. The van der Waals surface area contributed by atoms with Gasteiger partial charge in [-0.1, -0.05) is 6.92 Å². The van der Waals surface area contributed by atoms with E-state index in [2.05, 4.69) is 27.8 Å². The molecule has 1 atom stereocenters. The van der Waals surface area contributed by atoms with Gasteiger partial charge in [-0.05, 0) is 46.0 Å². The Labute approximate surface area is 126 Å². The number of amides is 1. The van der Waals surface area contributed by atoms with Gasteiger partial charge in [0, 0.05) is 18.2 Å². The van der Waals surface area contributed by atoms with Crippen LogP contribution in [0.3, 0.4) is 0 Å². The van der Waals surface area contributed by atoms with Crippen molar-refractivity contribution in [1.82, 2.24) is 15.5 Å². The smallest absolute Gasteiger partial charge is 0.413 e. The largest absolute Gasteiger partial charge is 0.444 e. The summed E-state index contributed by atoms with van der Waals surface area (Å²) in [5, 5.41) is 13.1. The Bertz CT molecular complexity index is 474. The van der Waals surface area contributed by atoms with Crippen molar-refractivity contribution in [3.8, 4) is 0 Å². The summed E-state index contributed by atoms with van der Waals surface area (Å²) in [6.07, 6.45) is 5.03. The highest BCUT2D eigenvalue weighted by atomic mass is 16.6. The number of aromatic nitrogens is 2. The van der Waals surface area contributed by atoms with E-state index in [0.717, 1.165) is 17.9 Å². The lowest BCUT2D eigenvalue weighted by molar-refractivity contribution is 0.0635. The minimum absolute atomic E-state index is 0.470. The Hall–Kier alpha value is -1.56. The molecule has 0 aromatic carbocycles. The first kappa shape index (κ1) is 15.8. The topological polar surface area (TPSA) is 79.0 Å². The highest BCUT2D eigenvalue weighted by Crippen LogP contribution is 2.34. The van der Waals surface area contributed by atoms with Crippen molar-refractivity contribution in [2.24, 2.45) is 5.92 Å². The van der Waals surface area contributed by atoms with E-state index < -0.39 is 11.7 Å². The van der Waals surface area contributed by atoms with Gasteiger partial charge >= 0.3 is 6.09 Å². The fourth-order valence-electron chi connectivity index (χ4n) is 2.34. The molecular formula is C15H26N4O2. The molecule has 0 radical (unpaired) electrons. The van der Waals surface area contributed by atoms with Gasteiger partial charge in [0.05, 0.1) is 6.20 Å². The van der Waals surface area contributed by atoms with Crippen LogP contribution in [0.5, 0.6) is 0 Å². The van der Waals surface area contributed by atoms with Crippen molar-refractivity contribution in [3.63, 3.8) is 0 Å². The first-order chi connectivity index (χ1) is 9.89. The highest BCUT2D eigenvalue weighted by molar-refractivity contribution is 5.84. The molecule has 0 bridgehead atoms. The molecule has 6 nitrogen and oxygen atoms in total. The molecule has 2 rings (SSSR count). The summed E-state index contributed by atoms with van der Waals surface area (Å²) < 4.78 is 5.24. The summed E-state index contributed by atoms with van der Waals surface area (Å²) in [7, 11) is 0. The molecule has 6 heteroatoms. The minimum atomic E-state index is -0.512. The predicted molar refractivity (Wildman–Crippen MR) is 82.1 cm³/mol. The number of carbonyl (C=O) groups is 1. The Morgan fingerprint density at radius 3 is 2.81 bits per heavy atom. The summed E-state index contributed by atoms with van der Waals surface area (Å²) in [6.45, 7) is 8.40. The number of nitrogens with zero attached hydrogens (tertiary/aromatic N) is 1. The number of rotatable bonds is 6. The van der Waals surface area contributed by atoms with Crippen LogP contribution in [0.4, 0.5) is 10.6 Å². The van der Waals surface area contributed by atoms with Gasteiger partial charge in [0.1, 0.15) is 11.4 Å². The quantitative estimate of drug-likeness (QED) is 0.753. The zero-order chi connectivity index (χ0) is 15.5. The maximum atomic E-state index is 11.8. The van der Waals surface area contributed by atoms with Gasteiger partial charge in [-0.2, -0.15) is 5.10 Å². The monoisotopic (exact) mass is 294 g/mol. The first-order valence-electron chi connectivity index (χ1n) is 7.64. The van der Waals surface area contributed by atoms with Crippen molar-refractivity contribution in [2.45, 2.75) is 65.1 Å². The third kappa shape index (κ3) is 5.04. The molecule has 1 aromatic rings. The first-order valence-corrected chi connectivity index (χ1v) is 7.64. The van der Waals surface area contributed by atoms with Crippen LogP contribution in [-0.4, -0.2) is 27.9 Å². The van der Waals surface area contributed by atoms with Crippen LogP contribution in [0, 0.1) is 5.92 Å². The second kappa shape index (κ2) is 6.47. The molecule has 1 fully saturated rings. The van der Waals surface area contributed by atoms with Crippen LogP contribution < -0.4 is 10.6 Å². The van der Waals surface area contributed by atoms with Gasteiger partial charge in [-0.3, -0.25) is 10.4 Å². The number of hydrogen-bond acceptors (Lipinski definition) is 4. The number of carbonyl (C=O) groups excluding carboxylic acids is 1. The molecule has 1 amide bonds. The summed E-state index contributed by atoms with van der Waals surface area (Å²) in [5.74, 6) is 1.41. The summed E-state index contributed by atoms with van der Waals surface area (Å²) in [5.41, 5.74) is 0.432. The number of H-pyrrole nitrogens is 1. The second-order valence-corrected chi connectivity index (χ2v) is 6.63. The van der Waals surface area contributed by atoms with Crippen LogP contribution in [-0.2, 0) is 11.3 Å². The van der Waals surface area contributed by atoms with Gasteiger partial charge in [0.15, 0.2) is 0 Å². The van der Waals surface area contributed by atoms with E-state index in [4.69, 9.17) is 4.74 Å². The molecule has 3 N–H and O–H groups in total. The number of nitrogens with one attached hydrogen (secondary N) is 3. The fourth-order valence-corrected chi connectivity index (χ4v) is 2.34. The molecule has 0 aliphatic heterocycles. The van der Waals surface area contributed by atoms with Crippen molar-refractivity contribution in [3.05, 3.63) is 11.8 Å². The van der Waals surface area contributed by atoms with Gasteiger partial charge in [-0.25, -0.2) is 4.79 Å². The van der Waals surface area contributed by atoms with E-state index in [1.54, 1.807) is 6.20 Å². The Morgan fingerprint density at radius 2 is 2.24 bits per heavy atom. The van der Waals surface area contributed by atoms with Crippen LogP contribution >= 0.6 is 0 Å². The van der Waals surface area contributed by atoms with E-state index in [1.807, 2.05) is 20.8 Å². The summed E-state index contributed by atoms with van der Waals surface area (Å²) >= 11 is 0. The normalized spacial score (nSPS) is 16.6. The fraction of sp³-hybridized carbons (Fsp3) is 0.733. The number of anilines is 1. The lowest BCUT2D eigenvalue weighted by Gasteiger charge is -2.20. The Kier molecular flexibility index (Phi) is 4.88. The molecule has 21 heavy (non-hydrogen) atoms. The third-order valence-corrected chi connectivity index (χ3v) is 3.53. The Morgan fingerprint density at radius 1 is 1.52 bits per heavy atom. The average molecular weight is 294 g/mol. The van der Waals surface area contributed by atoms with Crippen molar-refractivity contribution in [2.75, 3.05) is 5.32 Å². The predicted octanol–water partition coefficient (Wildman–Crippen LogP) is 3.03. The summed E-state index contributed by atoms with van der Waals surface area (Å²) in [4.78, 5) is 11.8. The molecular weight excluding hydrogens is 268 g/mol. The Balaban J connectivity index is 1.87.